The summed E-state index contributed by atoms with van der Waals surface area (Å²) in [6.07, 6.45) is 0. The smallest absolute Gasteiger partial charge is 0.231 e. The molecule has 4 nitrogen and oxygen atoms in total. The number of fused-ring (bicyclic) bond motifs is 2. The van der Waals surface area contributed by atoms with E-state index in [1.807, 2.05) is 24.3 Å². The lowest BCUT2D eigenvalue weighted by Gasteiger charge is -2.08. The number of nitrogen functional groups attached to an aromatic ring is 1. The molecular formula is C12H11NO3. The number of anilines is 1. The minimum atomic E-state index is 0.258. The van der Waals surface area contributed by atoms with Gasteiger partial charge in [0, 0.05) is 16.5 Å². The van der Waals surface area contributed by atoms with Gasteiger partial charge in [0.1, 0.15) is 5.75 Å². The Balaban J connectivity index is 2.37. The molecule has 2 N–H and O–H groups in total. The van der Waals surface area contributed by atoms with Crippen molar-refractivity contribution in [2.24, 2.45) is 0 Å². The van der Waals surface area contributed by atoms with Crippen LogP contribution in [0.4, 0.5) is 5.69 Å². The predicted molar refractivity (Wildman–Crippen MR) is 61.0 cm³/mol. The highest BCUT2D eigenvalue weighted by atomic mass is 16.7. The highest BCUT2D eigenvalue weighted by Crippen LogP contribution is 2.41. The molecule has 82 valence electrons. The largest absolute Gasteiger partial charge is 0.496 e. The summed E-state index contributed by atoms with van der Waals surface area (Å²) in [5.41, 5.74) is 6.62. The van der Waals surface area contributed by atoms with Crippen molar-refractivity contribution in [1.82, 2.24) is 0 Å². The van der Waals surface area contributed by atoms with Crippen molar-refractivity contribution in [2.45, 2.75) is 0 Å². The van der Waals surface area contributed by atoms with E-state index in [0.29, 0.717) is 5.69 Å². The molecule has 0 aromatic heterocycles. The van der Waals surface area contributed by atoms with Gasteiger partial charge in [0.25, 0.3) is 0 Å². The Morgan fingerprint density at radius 2 is 1.81 bits per heavy atom. The molecule has 0 bridgehead atoms. The molecular weight excluding hydrogens is 206 g/mol. The summed E-state index contributed by atoms with van der Waals surface area (Å²) in [5, 5.41) is 1.86. The van der Waals surface area contributed by atoms with Gasteiger partial charge in [0.15, 0.2) is 11.5 Å². The highest BCUT2D eigenvalue weighted by Gasteiger charge is 2.16. The van der Waals surface area contributed by atoms with Gasteiger partial charge in [0.2, 0.25) is 6.79 Å². The van der Waals surface area contributed by atoms with Crippen LogP contribution in [0.3, 0.4) is 0 Å². The van der Waals surface area contributed by atoms with Crippen LogP contribution in [-0.4, -0.2) is 13.9 Å². The molecule has 0 saturated heterocycles. The fourth-order valence-corrected chi connectivity index (χ4v) is 1.91. The van der Waals surface area contributed by atoms with Crippen LogP contribution in [0.2, 0.25) is 0 Å². The van der Waals surface area contributed by atoms with Crippen molar-refractivity contribution < 1.29 is 14.2 Å². The van der Waals surface area contributed by atoms with Gasteiger partial charge in [-0.05, 0) is 24.3 Å². The van der Waals surface area contributed by atoms with Crippen molar-refractivity contribution in [3.05, 3.63) is 24.3 Å². The summed E-state index contributed by atoms with van der Waals surface area (Å²) >= 11 is 0. The van der Waals surface area contributed by atoms with E-state index in [-0.39, 0.29) is 6.79 Å². The predicted octanol–water partition coefficient (Wildman–Crippen LogP) is 2.16. The number of hydrogen-bond acceptors (Lipinski definition) is 4. The Bertz CT molecular complexity index is 566. The standard InChI is InChI=1S/C12H11NO3/c1-14-10-3-2-9(13)7-4-11-12(5-8(7)10)16-6-15-11/h2-5H,6,13H2,1H3. The van der Waals surface area contributed by atoms with Crippen LogP contribution < -0.4 is 19.9 Å². The first kappa shape index (κ1) is 9.15. The Kier molecular flexibility index (Phi) is 1.83. The fraction of sp³-hybridized carbons (Fsp3) is 0.167. The second kappa shape index (κ2) is 3.20. The minimum Gasteiger partial charge on any atom is -0.496 e. The van der Waals surface area contributed by atoms with E-state index >= 15 is 0 Å². The lowest BCUT2D eigenvalue weighted by atomic mass is 10.1. The van der Waals surface area contributed by atoms with Crippen LogP contribution in [0.1, 0.15) is 0 Å². The molecule has 0 spiro atoms. The van der Waals surface area contributed by atoms with E-state index in [9.17, 15) is 0 Å². The molecule has 2 aromatic carbocycles. The molecule has 0 radical (unpaired) electrons. The maximum atomic E-state index is 5.92. The van der Waals surface area contributed by atoms with Crippen LogP contribution in [-0.2, 0) is 0 Å². The molecule has 0 saturated carbocycles. The van der Waals surface area contributed by atoms with Gasteiger partial charge >= 0.3 is 0 Å². The Morgan fingerprint density at radius 1 is 1.12 bits per heavy atom. The average molecular weight is 217 g/mol. The number of ether oxygens (including phenoxy) is 3. The minimum absolute atomic E-state index is 0.258. The Labute approximate surface area is 92.5 Å². The van der Waals surface area contributed by atoms with E-state index in [0.717, 1.165) is 28.0 Å². The van der Waals surface area contributed by atoms with Crippen molar-refractivity contribution in [3.8, 4) is 17.2 Å². The molecule has 16 heavy (non-hydrogen) atoms. The summed E-state index contributed by atoms with van der Waals surface area (Å²) in [6.45, 7) is 0.258. The fourth-order valence-electron chi connectivity index (χ4n) is 1.91. The van der Waals surface area contributed by atoms with Gasteiger partial charge in [0.05, 0.1) is 7.11 Å². The summed E-state index contributed by atoms with van der Waals surface area (Å²) in [4.78, 5) is 0. The van der Waals surface area contributed by atoms with Crippen molar-refractivity contribution >= 4 is 16.5 Å². The number of rotatable bonds is 1. The second-order valence-electron chi connectivity index (χ2n) is 3.61. The molecule has 0 atom stereocenters. The van der Waals surface area contributed by atoms with Crippen LogP contribution in [0.15, 0.2) is 24.3 Å². The Morgan fingerprint density at radius 3 is 2.50 bits per heavy atom. The van der Waals surface area contributed by atoms with Gasteiger partial charge in [-0.25, -0.2) is 0 Å². The molecule has 1 aliphatic heterocycles. The van der Waals surface area contributed by atoms with Crippen molar-refractivity contribution in [1.29, 1.82) is 0 Å². The van der Waals surface area contributed by atoms with E-state index in [4.69, 9.17) is 19.9 Å². The lowest BCUT2D eigenvalue weighted by molar-refractivity contribution is 0.174. The maximum absolute atomic E-state index is 5.92. The molecule has 0 fully saturated rings. The average Bonchev–Trinajstić information content (AvgIpc) is 2.75. The third-order valence-corrected chi connectivity index (χ3v) is 2.72. The first-order valence-corrected chi connectivity index (χ1v) is 4.95. The van der Waals surface area contributed by atoms with Crippen LogP contribution >= 0.6 is 0 Å². The van der Waals surface area contributed by atoms with Crippen LogP contribution in [0.25, 0.3) is 10.8 Å². The molecule has 1 heterocycles. The number of benzene rings is 2. The molecule has 0 aliphatic carbocycles. The zero-order valence-electron chi connectivity index (χ0n) is 8.82. The molecule has 2 aromatic rings. The summed E-state index contributed by atoms with van der Waals surface area (Å²) in [6, 6.07) is 7.45. The third-order valence-electron chi connectivity index (χ3n) is 2.72. The van der Waals surface area contributed by atoms with Gasteiger partial charge in [-0.15, -0.1) is 0 Å². The Hall–Kier alpha value is -2.10. The quantitative estimate of drug-likeness (QED) is 0.744. The summed E-state index contributed by atoms with van der Waals surface area (Å²) in [5.74, 6) is 2.24. The maximum Gasteiger partial charge on any atom is 0.231 e. The SMILES string of the molecule is COc1ccc(N)c2cc3c(cc12)OCO3. The number of methoxy groups -OCH3 is 1. The highest BCUT2D eigenvalue weighted by molar-refractivity contribution is 5.99. The molecule has 4 heteroatoms. The normalized spacial score (nSPS) is 13.1. The summed E-state index contributed by atoms with van der Waals surface area (Å²) < 4.78 is 15.9. The van der Waals surface area contributed by atoms with E-state index in [1.165, 1.54) is 0 Å². The number of hydrogen-bond donors (Lipinski definition) is 1. The first-order valence-electron chi connectivity index (χ1n) is 4.95. The van der Waals surface area contributed by atoms with Crippen molar-refractivity contribution in [2.75, 3.05) is 19.6 Å². The second-order valence-corrected chi connectivity index (χ2v) is 3.61. The summed E-state index contributed by atoms with van der Waals surface area (Å²) in [7, 11) is 1.63. The van der Waals surface area contributed by atoms with E-state index in [2.05, 4.69) is 0 Å². The topological polar surface area (TPSA) is 53.7 Å². The van der Waals surface area contributed by atoms with Crippen LogP contribution in [0.5, 0.6) is 17.2 Å². The molecule has 3 rings (SSSR count). The molecule has 0 amide bonds. The monoisotopic (exact) mass is 217 g/mol. The van der Waals surface area contributed by atoms with Crippen LogP contribution in [0, 0.1) is 0 Å². The van der Waals surface area contributed by atoms with E-state index < -0.39 is 0 Å². The lowest BCUT2D eigenvalue weighted by Crippen LogP contribution is -1.92. The van der Waals surface area contributed by atoms with Gasteiger partial charge < -0.3 is 19.9 Å². The molecule has 0 unspecified atom stereocenters. The third kappa shape index (κ3) is 1.16. The zero-order chi connectivity index (χ0) is 11.1. The first-order chi connectivity index (χ1) is 7.79. The molecule has 1 aliphatic rings. The zero-order valence-corrected chi connectivity index (χ0v) is 8.82. The van der Waals surface area contributed by atoms with E-state index in [1.54, 1.807) is 7.11 Å². The van der Waals surface area contributed by atoms with Crippen molar-refractivity contribution in [3.63, 3.8) is 0 Å². The number of nitrogens with two attached hydrogens (primary N) is 1. The van der Waals surface area contributed by atoms with Gasteiger partial charge in [-0.1, -0.05) is 0 Å². The van der Waals surface area contributed by atoms with Gasteiger partial charge in [-0.3, -0.25) is 0 Å². The van der Waals surface area contributed by atoms with Gasteiger partial charge in [-0.2, -0.15) is 0 Å².